The molecule has 1 aromatic carbocycles. The maximum Gasteiger partial charge on any atom is 0.346 e. The molecule has 0 saturated carbocycles. The fourth-order valence-corrected chi connectivity index (χ4v) is 8.63. The fraction of sp³-hybridized carbons (Fsp3) is 0.469. The van der Waals surface area contributed by atoms with Gasteiger partial charge >= 0.3 is 17.6 Å². The molecule has 4 atom stereocenters. The van der Waals surface area contributed by atoms with Gasteiger partial charge in [0.15, 0.2) is 5.60 Å². The molecule has 1 spiro atoms. The van der Waals surface area contributed by atoms with Crippen LogP contribution in [-0.4, -0.2) is 68.4 Å². The summed E-state index contributed by atoms with van der Waals surface area (Å²) in [6.45, 7) is 8.49. The molecular weight excluding hydrogens is 777 g/mol. The van der Waals surface area contributed by atoms with E-state index in [1.807, 2.05) is 83.1 Å². The Kier molecular flexibility index (Phi) is 14.2. The van der Waals surface area contributed by atoms with Gasteiger partial charge in [-0.05, 0) is 75.0 Å². The molecule has 0 radical (unpaired) electrons. The standard InChI is InChI=1S/C49H58N2O10/c1-31-13-12-15-38(23-34-16-20-40(58-30-34)45-46(56)49(61-47(45)57)29-33(3)32(2)28-48(49,4)27-31)59-43(54)21-18-37(52)14-10-8-7-9-11-22-50-42(53)24-35-25-44(55)60-41-26-36(51(5)6)17-19-39(35)41/h12-13,16-17,19-20,23,25-28,33,38H,7-11,14-15,18,21-22,24,29-30H2,1-6H3,(H,50,53)/b13-12+,31-27+,34-23-,45-40+/t33-,38+,48-,49+/m0/s1. The summed E-state index contributed by atoms with van der Waals surface area (Å²) in [5, 5.41) is 3.67. The zero-order valence-corrected chi connectivity index (χ0v) is 36.2. The van der Waals surface area contributed by atoms with E-state index < -0.39 is 34.7 Å². The molecule has 1 amide bonds. The largest absolute Gasteiger partial charge is 0.488 e. The molecule has 1 N–H and O–H groups in total. The van der Waals surface area contributed by atoms with Crippen molar-refractivity contribution in [3.63, 3.8) is 0 Å². The summed E-state index contributed by atoms with van der Waals surface area (Å²) in [6, 6.07) is 6.95. The normalized spacial score (nSPS) is 27.0. The number of ether oxygens (including phenoxy) is 3. The van der Waals surface area contributed by atoms with Crippen LogP contribution in [0, 0.1) is 11.3 Å². The van der Waals surface area contributed by atoms with Gasteiger partial charge in [-0.25, -0.2) is 9.59 Å². The maximum absolute atomic E-state index is 14.2. The van der Waals surface area contributed by atoms with Crippen molar-refractivity contribution in [2.75, 3.05) is 32.1 Å². The van der Waals surface area contributed by atoms with Gasteiger partial charge in [-0.3, -0.25) is 19.2 Å². The van der Waals surface area contributed by atoms with Crippen LogP contribution >= 0.6 is 0 Å². The van der Waals surface area contributed by atoms with Gasteiger partial charge in [-0.2, -0.15) is 0 Å². The molecule has 1 saturated heterocycles. The van der Waals surface area contributed by atoms with Crippen LogP contribution in [0.1, 0.15) is 97.5 Å². The number of fused-ring (bicyclic) bond motifs is 6. The number of unbranched alkanes of at least 4 members (excludes halogenated alkanes) is 4. The van der Waals surface area contributed by atoms with Crippen molar-refractivity contribution < 1.29 is 42.6 Å². The van der Waals surface area contributed by atoms with E-state index in [1.54, 1.807) is 24.3 Å². The first kappa shape index (κ1) is 44.8. The summed E-state index contributed by atoms with van der Waals surface area (Å²) in [6.07, 6.45) is 17.8. The highest BCUT2D eigenvalue weighted by Crippen LogP contribution is 2.53. The molecule has 61 heavy (non-hydrogen) atoms. The summed E-state index contributed by atoms with van der Waals surface area (Å²) in [7, 11) is 3.80. The Labute approximate surface area is 357 Å². The van der Waals surface area contributed by atoms with Crippen molar-refractivity contribution in [3.05, 3.63) is 111 Å². The summed E-state index contributed by atoms with van der Waals surface area (Å²) in [4.78, 5) is 79.9. The molecule has 324 valence electrons. The van der Waals surface area contributed by atoms with Crippen LogP contribution in [-0.2, 0) is 44.6 Å². The number of nitrogens with zero attached hydrogens (tertiary/aromatic N) is 1. The van der Waals surface area contributed by atoms with Crippen LogP contribution in [0.25, 0.3) is 11.0 Å². The van der Waals surface area contributed by atoms with E-state index in [9.17, 15) is 28.8 Å². The molecule has 12 heteroatoms. The minimum atomic E-state index is -1.40. The van der Waals surface area contributed by atoms with Crippen LogP contribution in [0.15, 0.2) is 104 Å². The van der Waals surface area contributed by atoms with Crippen LogP contribution in [0.2, 0.25) is 0 Å². The smallest absolute Gasteiger partial charge is 0.346 e. The number of allylic oxidation sites excluding steroid dienone is 4. The van der Waals surface area contributed by atoms with Crippen LogP contribution in [0.4, 0.5) is 5.69 Å². The van der Waals surface area contributed by atoms with Gasteiger partial charge in [0.05, 0.1) is 18.3 Å². The van der Waals surface area contributed by atoms with Crippen molar-refractivity contribution in [1.82, 2.24) is 5.32 Å². The second kappa shape index (κ2) is 19.3. The van der Waals surface area contributed by atoms with Crippen molar-refractivity contribution in [1.29, 1.82) is 0 Å². The second-order valence-electron chi connectivity index (χ2n) is 17.2. The van der Waals surface area contributed by atoms with Gasteiger partial charge in [0, 0.05) is 69.5 Å². The van der Waals surface area contributed by atoms with Gasteiger partial charge in [-0.15, -0.1) is 0 Å². The Morgan fingerprint density at radius 1 is 0.934 bits per heavy atom. The lowest BCUT2D eigenvalue weighted by atomic mass is 9.61. The zero-order valence-electron chi connectivity index (χ0n) is 36.2. The van der Waals surface area contributed by atoms with E-state index in [-0.39, 0.29) is 60.6 Å². The number of benzene rings is 1. The minimum absolute atomic E-state index is 0.00456. The molecule has 4 heterocycles. The Hall–Kier alpha value is -5.78. The summed E-state index contributed by atoms with van der Waals surface area (Å²) >= 11 is 0. The highest BCUT2D eigenvalue weighted by Gasteiger charge is 2.64. The summed E-state index contributed by atoms with van der Waals surface area (Å²) in [5.41, 5.74) is 1.78. The minimum Gasteiger partial charge on any atom is -0.488 e. The van der Waals surface area contributed by atoms with E-state index in [0.29, 0.717) is 43.4 Å². The number of amides is 1. The van der Waals surface area contributed by atoms with Gasteiger partial charge in [0.1, 0.15) is 35.4 Å². The molecule has 12 nitrogen and oxygen atoms in total. The number of hydrogen-bond acceptors (Lipinski definition) is 11. The first-order chi connectivity index (χ1) is 29.1. The maximum atomic E-state index is 14.2. The quantitative estimate of drug-likeness (QED) is 0.0618. The number of nitrogens with one attached hydrogen (secondary N) is 1. The van der Waals surface area contributed by atoms with Crippen molar-refractivity contribution in [2.45, 2.75) is 110 Å². The lowest BCUT2D eigenvalue weighted by molar-refractivity contribution is -0.162. The average molecular weight is 835 g/mol. The molecule has 1 fully saturated rings. The highest BCUT2D eigenvalue weighted by molar-refractivity contribution is 6.26. The van der Waals surface area contributed by atoms with E-state index in [2.05, 4.69) is 5.32 Å². The predicted octanol–water partition coefficient (Wildman–Crippen LogP) is 7.65. The summed E-state index contributed by atoms with van der Waals surface area (Å²) in [5.74, 6) is -1.49. The van der Waals surface area contributed by atoms with Gasteiger partial charge in [-0.1, -0.05) is 67.7 Å². The number of anilines is 1. The van der Waals surface area contributed by atoms with Crippen LogP contribution < -0.4 is 15.8 Å². The van der Waals surface area contributed by atoms with Crippen LogP contribution in [0.5, 0.6) is 0 Å². The van der Waals surface area contributed by atoms with Gasteiger partial charge in [0.25, 0.3) is 0 Å². The number of esters is 2. The molecule has 5 aliphatic rings. The highest BCUT2D eigenvalue weighted by atomic mass is 16.6. The lowest BCUT2D eigenvalue weighted by Gasteiger charge is -2.45. The van der Waals surface area contributed by atoms with Crippen molar-refractivity contribution >= 4 is 46.1 Å². The van der Waals surface area contributed by atoms with Gasteiger partial charge < -0.3 is 28.8 Å². The lowest BCUT2D eigenvalue weighted by Crippen LogP contribution is -2.53. The first-order valence-corrected chi connectivity index (χ1v) is 21.4. The number of ketones is 2. The van der Waals surface area contributed by atoms with E-state index >= 15 is 0 Å². The third kappa shape index (κ3) is 10.6. The Morgan fingerprint density at radius 3 is 2.46 bits per heavy atom. The topological polar surface area (TPSA) is 159 Å². The first-order valence-electron chi connectivity index (χ1n) is 21.4. The number of carbonyl (C=O) groups excluding carboxylic acids is 5. The molecule has 0 unspecified atom stereocenters. The molecule has 2 aromatic rings. The number of rotatable bonds is 15. The fourth-order valence-electron chi connectivity index (χ4n) is 8.63. The van der Waals surface area contributed by atoms with Crippen molar-refractivity contribution in [3.8, 4) is 0 Å². The Morgan fingerprint density at radius 2 is 1.70 bits per heavy atom. The van der Waals surface area contributed by atoms with E-state index in [4.69, 9.17) is 18.6 Å². The number of hydrogen-bond donors (Lipinski definition) is 1. The zero-order chi connectivity index (χ0) is 43.9. The molecular formula is C49H58N2O10. The molecule has 7 rings (SSSR count). The third-order valence-corrected chi connectivity index (χ3v) is 12.1. The molecule has 2 aliphatic carbocycles. The third-order valence-electron chi connectivity index (χ3n) is 12.1. The van der Waals surface area contributed by atoms with Crippen molar-refractivity contribution in [2.24, 2.45) is 11.3 Å². The average Bonchev–Trinajstić information content (AvgIpc) is 3.45. The number of carbonyl (C=O) groups is 5. The van der Waals surface area contributed by atoms with Crippen LogP contribution in [0.3, 0.4) is 0 Å². The second-order valence-corrected chi connectivity index (χ2v) is 17.2. The summed E-state index contributed by atoms with van der Waals surface area (Å²) < 4.78 is 23.2. The molecule has 1 aromatic heterocycles. The number of Topliss-reactive ketones (excluding diaryl/α,β-unsaturated/α-hetero) is 2. The SMILES string of the molecule is CC1=C[C@]2(C)/C=C(C)/C=C/C[C@@H](OC(=O)CCC(=O)CCCCCCCNC(=O)Cc3cc(=O)oc4cc(N(C)C)ccc34)/C=C3C=C/C(=C4\C(=O)O[C@]2(C[C@@H]1C)C4=O)OC/3. The van der Waals surface area contributed by atoms with Gasteiger partial charge in [0.2, 0.25) is 11.7 Å². The van der Waals surface area contributed by atoms with E-state index in [1.165, 1.54) is 6.07 Å². The predicted molar refractivity (Wildman–Crippen MR) is 233 cm³/mol. The molecule has 3 aliphatic heterocycles. The molecule has 4 bridgehead atoms. The Bertz CT molecular complexity index is 2320. The Balaban J connectivity index is 0.943. The monoisotopic (exact) mass is 834 g/mol. The van der Waals surface area contributed by atoms with E-state index in [0.717, 1.165) is 53.5 Å².